The van der Waals surface area contributed by atoms with Crippen LogP contribution in [0.1, 0.15) is 34.7 Å². The molecule has 0 aliphatic carbocycles. The predicted octanol–water partition coefficient (Wildman–Crippen LogP) is 4.01. The molecule has 1 fully saturated rings. The average molecular weight is 426 g/mol. The summed E-state index contributed by atoms with van der Waals surface area (Å²) in [7, 11) is 0. The zero-order valence-electron chi connectivity index (χ0n) is 16.8. The van der Waals surface area contributed by atoms with E-state index in [1.165, 1.54) is 5.56 Å². The van der Waals surface area contributed by atoms with Gasteiger partial charge in [0.2, 0.25) is 0 Å². The van der Waals surface area contributed by atoms with Crippen LogP contribution in [0, 0.1) is 0 Å². The van der Waals surface area contributed by atoms with Crippen LogP contribution in [0.25, 0.3) is 11.3 Å². The van der Waals surface area contributed by atoms with E-state index in [2.05, 4.69) is 22.2 Å². The number of aliphatic hydroxyl groups excluding tert-OH is 1. The molecule has 30 heavy (non-hydrogen) atoms. The van der Waals surface area contributed by atoms with Crippen molar-refractivity contribution in [2.75, 3.05) is 26.2 Å². The van der Waals surface area contributed by atoms with E-state index < -0.39 is 6.10 Å². The molecule has 0 saturated carbocycles. The fraction of sp³-hybridized carbons (Fsp3) is 0.304. The number of hydrogen-bond acceptors (Lipinski definition) is 5. The van der Waals surface area contributed by atoms with Gasteiger partial charge in [-0.05, 0) is 24.6 Å². The second kappa shape index (κ2) is 9.00. The van der Waals surface area contributed by atoms with Crippen LogP contribution in [0.2, 0.25) is 5.02 Å². The summed E-state index contributed by atoms with van der Waals surface area (Å²) in [5, 5.41) is 14.8. The first-order valence-corrected chi connectivity index (χ1v) is 10.4. The fourth-order valence-corrected chi connectivity index (χ4v) is 3.83. The standard InChI is InChI=1S/C23H24ClN3O3/c1-16(28)22-20(21(25-30-22)18-7-9-19(24)10-8-18)23(29)27-13-11-26(12-14-27)15-17-5-3-2-4-6-17/h2-10,16,28H,11-15H2,1H3. The van der Waals surface area contributed by atoms with Crippen molar-refractivity contribution < 1.29 is 14.4 Å². The molecular formula is C23H24ClN3O3. The van der Waals surface area contributed by atoms with Gasteiger partial charge in [-0.15, -0.1) is 0 Å². The number of aromatic nitrogens is 1. The summed E-state index contributed by atoms with van der Waals surface area (Å²) in [6, 6.07) is 17.4. The van der Waals surface area contributed by atoms with E-state index in [0.29, 0.717) is 29.4 Å². The van der Waals surface area contributed by atoms with Gasteiger partial charge in [0.25, 0.3) is 5.91 Å². The van der Waals surface area contributed by atoms with Crippen molar-refractivity contribution in [3.63, 3.8) is 0 Å². The molecule has 2 aromatic carbocycles. The van der Waals surface area contributed by atoms with Crippen LogP contribution < -0.4 is 0 Å². The Bertz CT molecular complexity index is 994. The zero-order chi connectivity index (χ0) is 21.1. The van der Waals surface area contributed by atoms with Crippen molar-refractivity contribution in [1.29, 1.82) is 0 Å². The summed E-state index contributed by atoms with van der Waals surface area (Å²) in [6.45, 7) is 5.22. The SMILES string of the molecule is CC(O)c1onc(-c2ccc(Cl)cc2)c1C(=O)N1CCN(Cc2ccccc2)CC1. The van der Waals surface area contributed by atoms with Crippen molar-refractivity contribution in [3.05, 3.63) is 76.5 Å². The summed E-state index contributed by atoms with van der Waals surface area (Å²) in [5.41, 5.74) is 2.74. The first-order valence-electron chi connectivity index (χ1n) is 10.0. The maximum Gasteiger partial charge on any atom is 0.259 e. The van der Waals surface area contributed by atoms with Gasteiger partial charge in [0.1, 0.15) is 17.4 Å². The van der Waals surface area contributed by atoms with Crippen LogP contribution in [-0.4, -0.2) is 52.1 Å². The summed E-state index contributed by atoms with van der Waals surface area (Å²) >= 11 is 5.99. The molecule has 3 aromatic rings. The van der Waals surface area contributed by atoms with Crippen LogP contribution in [0.5, 0.6) is 0 Å². The Balaban J connectivity index is 1.52. The summed E-state index contributed by atoms with van der Waals surface area (Å²) in [5.74, 6) is 0.0214. The lowest BCUT2D eigenvalue weighted by molar-refractivity contribution is 0.0619. The van der Waals surface area contributed by atoms with Gasteiger partial charge in [0, 0.05) is 43.3 Å². The number of aliphatic hydroxyl groups is 1. The smallest absolute Gasteiger partial charge is 0.259 e. The summed E-state index contributed by atoms with van der Waals surface area (Å²) < 4.78 is 5.36. The normalized spacial score (nSPS) is 15.9. The number of amides is 1. The molecule has 0 radical (unpaired) electrons. The summed E-state index contributed by atoms with van der Waals surface area (Å²) in [4.78, 5) is 17.5. The van der Waals surface area contributed by atoms with Crippen molar-refractivity contribution >= 4 is 17.5 Å². The van der Waals surface area contributed by atoms with Crippen LogP contribution in [0.3, 0.4) is 0 Å². The predicted molar refractivity (Wildman–Crippen MR) is 115 cm³/mol. The zero-order valence-corrected chi connectivity index (χ0v) is 17.5. The minimum Gasteiger partial charge on any atom is -0.385 e. The number of carbonyl (C=O) groups is 1. The molecule has 1 aromatic heterocycles. The highest BCUT2D eigenvalue weighted by Gasteiger charge is 2.31. The van der Waals surface area contributed by atoms with Crippen molar-refractivity contribution in [2.24, 2.45) is 0 Å². The third kappa shape index (κ3) is 4.41. The molecule has 1 N–H and O–H groups in total. The van der Waals surface area contributed by atoms with E-state index in [-0.39, 0.29) is 11.7 Å². The molecule has 7 heteroatoms. The highest BCUT2D eigenvalue weighted by atomic mass is 35.5. The van der Waals surface area contributed by atoms with Gasteiger partial charge in [-0.1, -0.05) is 59.2 Å². The average Bonchev–Trinajstić information content (AvgIpc) is 3.20. The number of halogens is 1. The van der Waals surface area contributed by atoms with Gasteiger partial charge in [-0.2, -0.15) is 0 Å². The number of benzene rings is 2. The van der Waals surface area contributed by atoms with Gasteiger partial charge >= 0.3 is 0 Å². The highest BCUT2D eigenvalue weighted by Crippen LogP contribution is 2.31. The molecule has 1 saturated heterocycles. The van der Waals surface area contributed by atoms with E-state index >= 15 is 0 Å². The van der Waals surface area contributed by atoms with Gasteiger partial charge < -0.3 is 14.5 Å². The monoisotopic (exact) mass is 425 g/mol. The minimum absolute atomic E-state index is 0.170. The van der Waals surface area contributed by atoms with E-state index in [0.717, 1.165) is 25.2 Å². The van der Waals surface area contributed by atoms with E-state index in [1.54, 1.807) is 36.1 Å². The molecule has 2 heterocycles. The maximum atomic E-state index is 13.4. The maximum absolute atomic E-state index is 13.4. The lowest BCUT2D eigenvalue weighted by Crippen LogP contribution is -2.48. The number of carbonyl (C=O) groups excluding carboxylic acids is 1. The molecule has 1 aliphatic rings. The molecule has 1 aliphatic heterocycles. The lowest BCUT2D eigenvalue weighted by atomic mass is 10.0. The Morgan fingerprint density at radius 3 is 2.40 bits per heavy atom. The van der Waals surface area contributed by atoms with Crippen molar-refractivity contribution in [2.45, 2.75) is 19.6 Å². The van der Waals surface area contributed by atoms with Crippen LogP contribution in [0.15, 0.2) is 59.1 Å². The Labute approximate surface area is 180 Å². The lowest BCUT2D eigenvalue weighted by Gasteiger charge is -2.34. The fourth-order valence-electron chi connectivity index (χ4n) is 3.71. The van der Waals surface area contributed by atoms with Crippen molar-refractivity contribution in [3.8, 4) is 11.3 Å². The highest BCUT2D eigenvalue weighted by molar-refractivity contribution is 6.30. The van der Waals surface area contributed by atoms with Crippen molar-refractivity contribution in [1.82, 2.24) is 15.0 Å². The summed E-state index contributed by atoms with van der Waals surface area (Å²) in [6.07, 6.45) is -0.933. The quantitative estimate of drug-likeness (QED) is 0.668. The molecule has 1 atom stereocenters. The molecule has 156 valence electrons. The first kappa shape index (κ1) is 20.6. The van der Waals surface area contributed by atoms with Gasteiger partial charge in [0.15, 0.2) is 5.76 Å². The van der Waals surface area contributed by atoms with E-state index in [4.69, 9.17) is 16.1 Å². The first-order chi connectivity index (χ1) is 14.5. The Morgan fingerprint density at radius 1 is 1.10 bits per heavy atom. The topological polar surface area (TPSA) is 69.8 Å². The largest absolute Gasteiger partial charge is 0.385 e. The molecular weight excluding hydrogens is 402 g/mol. The minimum atomic E-state index is -0.933. The van der Waals surface area contributed by atoms with Gasteiger partial charge in [-0.25, -0.2) is 0 Å². The third-order valence-electron chi connectivity index (χ3n) is 5.34. The Hall–Kier alpha value is -2.67. The second-order valence-corrected chi connectivity index (χ2v) is 7.94. The third-order valence-corrected chi connectivity index (χ3v) is 5.59. The molecule has 1 unspecified atom stereocenters. The number of hydrogen-bond donors (Lipinski definition) is 1. The Morgan fingerprint density at radius 2 is 1.77 bits per heavy atom. The van der Waals surface area contributed by atoms with Crippen LogP contribution >= 0.6 is 11.6 Å². The molecule has 6 nitrogen and oxygen atoms in total. The Kier molecular flexibility index (Phi) is 6.18. The second-order valence-electron chi connectivity index (χ2n) is 7.51. The number of rotatable bonds is 5. The number of piperazine rings is 1. The van der Waals surface area contributed by atoms with Gasteiger partial charge in [0.05, 0.1) is 0 Å². The molecule has 0 spiro atoms. The molecule has 4 rings (SSSR count). The van der Waals surface area contributed by atoms with Crippen LogP contribution in [0.4, 0.5) is 0 Å². The van der Waals surface area contributed by atoms with Crippen LogP contribution in [-0.2, 0) is 6.54 Å². The number of nitrogens with zero attached hydrogens (tertiary/aromatic N) is 3. The van der Waals surface area contributed by atoms with E-state index in [9.17, 15) is 9.90 Å². The molecule has 0 bridgehead atoms. The van der Waals surface area contributed by atoms with Gasteiger partial charge in [-0.3, -0.25) is 9.69 Å². The molecule has 1 amide bonds. The van der Waals surface area contributed by atoms with E-state index in [1.807, 2.05) is 18.2 Å².